The number of nitrogens with one attached hydrogen (secondary N) is 1. The number of aromatic nitrogens is 2. The number of benzene rings is 2. The summed E-state index contributed by atoms with van der Waals surface area (Å²) in [5, 5.41) is 2.56. The highest BCUT2D eigenvalue weighted by molar-refractivity contribution is 6.00. The van der Waals surface area contributed by atoms with E-state index >= 15 is 0 Å². The standard InChI is InChI=1S/C23H25N3/c1-15-13-16(2)22-19(7-3-4-11-24)23(26-21(22)14-15)18-8-5-10-20-17(18)9-6-12-25-20/h5-6,8-10,12-14,26H,3-4,7,11,24H2,1-2H3. The quantitative estimate of drug-likeness (QED) is 0.484. The molecule has 0 aliphatic heterocycles. The third-order valence-electron chi connectivity index (χ3n) is 5.14. The van der Waals surface area contributed by atoms with Crippen LogP contribution in [-0.4, -0.2) is 16.5 Å². The molecule has 0 spiro atoms. The topological polar surface area (TPSA) is 54.7 Å². The predicted octanol–water partition coefficient (Wildman–Crippen LogP) is 5.28. The average molecular weight is 343 g/mol. The van der Waals surface area contributed by atoms with Crippen molar-refractivity contribution in [2.75, 3.05) is 6.54 Å². The third-order valence-corrected chi connectivity index (χ3v) is 5.14. The number of unbranched alkanes of at least 4 members (excludes halogenated alkanes) is 1. The minimum atomic E-state index is 0.744. The van der Waals surface area contributed by atoms with Crippen LogP contribution in [0.1, 0.15) is 29.5 Å². The molecule has 3 heteroatoms. The molecule has 2 aromatic carbocycles. The van der Waals surface area contributed by atoms with Gasteiger partial charge in [-0.1, -0.05) is 24.3 Å². The number of nitrogens with zero attached hydrogens (tertiary/aromatic N) is 1. The van der Waals surface area contributed by atoms with Crippen molar-refractivity contribution in [2.24, 2.45) is 5.73 Å². The molecule has 2 aromatic heterocycles. The van der Waals surface area contributed by atoms with Crippen molar-refractivity contribution in [3.63, 3.8) is 0 Å². The van der Waals surface area contributed by atoms with Gasteiger partial charge in [-0.2, -0.15) is 0 Å². The minimum Gasteiger partial charge on any atom is -0.354 e. The van der Waals surface area contributed by atoms with Gasteiger partial charge in [-0.05, 0) is 74.5 Å². The molecule has 0 radical (unpaired) electrons. The molecule has 0 aliphatic rings. The fourth-order valence-corrected chi connectivity index (χ4v) is 4.05. The van der Waals surface area contributed by atoms with E-state index < -0.39 is 0 Å². The Hall–Kier alpha value is -2.65. The van der Waals surface area contributed by atoms with Gasteiger partial charge in [0.1, 0.15) is 0 Å². The number of hydrogen-bond donors (Lipinski definition) is 2. The summed E-state index contributed by atoms with van der Waals surface area (Å²) in [4.78, 5) is 8.25. The maximum atomic E-state index is 5.74. The van der Waals surface area contributed by atoms with E-state index in [9.17, 15) is 0 Å². The van der Waals surface area contributed by atoms with Gasteiger partial charge in [0.2, 0.25) is 0 Å². The highest BCUT2D eigenvalue weighted by Gasteiger charge is 2.17. The summed E-state index contributed by atoms with van der Waals surface area (Å²) in [5.41, 5.74) is 14.5. The SMILES string of the molecule is Cc1cc(C)c2c(CCCCN)c(-c3cccc4ncccc34)[nH]c2c1. The van der Waals surface area contributed by atoms with Crippen LogP contribution in [-0.2, 0) is 6.42 Å². The summed E-state index contributed by atoms with van der Waals surface area (Å²) in [6.45, 7) is 5.11. The Morgan fingerprint density at radius 1 is 1.04 bits per heavy atom. The Morgan fingerprint density at radius 2 is 1.92 bits per heavy atom. The lowest BCUT2D eigenvalue weighted by molar-refractivity contribution is 0.748. The Morgan fingerprint density at radius 3 is 2.77 bits per heavy atom. The molecular formula is C23H25N3. The van der Waals surface area contributed by atoms with E-state index in [0.717, 1.165) is 31.3 Å². The van der Waals surface area contributed by atoms with E-state index in [1.165, 1.54) is 44.2 Å². The van der Waals surface area contributed by atoms with Gasteiger partial charge in [-0.15, -0.1) is 0 Å². The van der Waals surface area contributed by atoms with Crippen molar-refractivity contribution in [3.05, 3.63) is 65.4 Å². The Balaban J connectivity index is 1.98. The summed E-state index contributed by atoms with van der Waals surface area (Å²) >= 11 is 0. The van der Waals surface area contributed by atoms with Gasteiger partial charge < -0.3 is 10.7 Å². The van der Waals surface area contributed by atoms with Crippen molar-refractivity contribution in [2.45, 2.75) is 33.1 Å². The monoisotopic (exact) mass is 343 g/mol. The van der Waals surface area contributed by atoms with Crippen molar-refractivity contribution in [1.29, 1.82) is 0 Å². The number of aromatic amines is 1. The highest BCUT2D eigenvalue weighted by Crippen LogP contribution is 2.36. The summed E-state index contributed by atoms with van der Waals surface area (Å²) in [6.07, 6.45) is 5.04. The van der Waals surface area contributed by atoms with Crippen molar-refractivity contribution >= 4 is 21.8 Å². The molecule has 0 fully saturated rings. The van der Waals surface area contributed by atoms with Crippen molar-refractivity contribution < 1.29 is 0 Å². The van der Waals surface area contributed by atoms with E-state index in [0.29, 0.717) is 0 Å². The van der Waals surface area contributed by atoms with Gasteiger partial charge in [0.15, 0.2) is 0 Å². The molecule has 3 nitrogen and oxygen atoms in total. The van der Waals surface area contributed by atoms with E-state index in [-0.39, 0.29) is 0 Å². The molecule has 4 rings (SSSR count). The molecule has 0 aliphatic carbocycles. The molecule has 0 unspecified atom stereocenters. The molecular weight excluding hydrogens is 318 g/mol. The Kier molecular flexibility index (Phi) is 4.48. The zero-order valence-electron chi connectivity index (χ0n) is 15.5. The third kappa shape index (κ3) is 2.89. The molecule has 2 heterocycles. The second-order valence-electron chi connectivity index (χ2n) is 7.10. The van der Waals surface area contributed by atoms with E-state index in [1.807, 2.05) is 12.3 Å². The van der Waals surface area contributed by atoms with Crippen LogP contribution in [0.4, 0.5) is 0 Å². The first-order valence-corrected chi connectivity index (χ1v) is 9.35. The van der Waals surface area contributed by atoms with Crippen LogP contribution in [0.15, 0.2) is 48.7 Å². The summed E-state index contributed by atoms with van der Waals surface area (Å²) < 4.78 is 0. The molecule has 0 amide bonds. The lowest BCUT2D eigenvalue weighted by Crippen LogP contribution is -1.99. The molecule has 0 saturated carbocycles. The van der Waals surface area contributed by atoms with Crippen LogP contribution in [0.5, 0.6) is 0 Å². The van der Waals surface area contributed by atoms with Gasteiger partial charge in [0.05, 0.1) is 11.2 Å². The summed E-state index contributed by atoms with van der Waals surface area (Å²) in [6, 6.07) is 15.1. The lowest BCUT2D eigenvalue weighted by atomic mass is 9.95. The molecule has 0 saturated heterocycles. The van der Waals surface area contributed by atoms with Gasteiger partial charge in [0, 0.05) is 28.0 Å². The van der Waals surface area contributed by atoms with Crippen LogP contribution in [0.25, 0.3) is 33.1 Å². The van der Waals surface area contributed by atoms with Crippen LogP contribution in [0, 0.1) is 13.8 Å². The zero-order chi connectivity index (χ0) is 18.1. The number of nitrogens with two attached hydrogens (primary N) is 1. The maximum Gasteiger partial charge on any atom is 0.0708 e. The lowest BCUT2D eigenvalue weighted by Gasteiger charge is -2.09. The second kappa shape index (κ2) is 6.93. The Bertz CT molecular complexity index is 1070. The highest BCUT2D eigenvalue weighted by atomic mass is 14.7. The largest absolute Gasteiger partial charge is 0.354 e. The molecule has 3 N–H and O–H groups in total. The van der Waals surface area contributed by atoms with E-state index in [4.69, 9.17) is 5.73 Å². The first-order chi connectivity index (χ1) is 12.7. The second-order valence-corrected chi connectivity index (χ2v) is 7.10. The molecule has 0 bridgehead atoms. The fraction of sp³-hybridized carbons (Fsp3) is 0.261. The fourth-order valence-electron chi connectivity index (χ4n) is 4.05. The summed E-state index contributed by atoms with van der Waals surface area (Å²) in [5.74, 6) is 0. The van der Waals surface area contributed by atoms with E-state index in [1.54, 1.807) is 0 Å². The summed E-state index contributed by atoms with van der Waals surface area (Å²) in [7, 11) is 0. The number of pyridine rings is 1. The molecule has 0 atom stereocenters. The molecule has 26 heavy (non-hydrogen) atoms. The first-order valence-electron chi connectivity index (χ1n) is 9.35. The van der Waals surface area contributed by atoms with Gasteiger partial charge in [-0.25, -0.2) is 0 Å². The average Bonchev–Trinajstić information content (AvgIpc) is 3.00. The predicted molar refractivity (Wildman–Crippen MR) is 111 cm³/mol. The molecule has 4 aromatic rings. The Labute approximate surface area is 154 Å². The molecule has 132 valence electrons. The minimum absolute atomic E-state index is 0.744. The van der Waals surface area contributed by atoms with Crippen LogP contribution in [0.2, 0.25) is 0 Å². The number of aryl methyl sites for hydroxylation is 3. The van der Waals surface area contributed by atoms with Crippen LogP contribution < -0.4 is 5.73 Å². The number of hydrogen-bond acceptors (Lipinski definition) is 2. The van der Waals surface area contributed by atoms with Gasteiger partial charge >= 0.3 is 0 Å². The van der Waals surface area contributed by atoms with Gasteiger partial charge in [0.25, 0.3) is 0 Å². The number of rotatable bonds is 5. The number of fused-ring (bicyclic) bond motifs is 2. The normalized spacial score (nSPS) is 11.5. The smallest absolute Gasteiger partial charge is 0.0708 e. The van der Waals surface area contributed by atoms with Crippen molar-refractivity contribution in [3.8, 4) is 11.3 Å². The van der Waals surface area contributed by atoms with Crippen LogP contribution >= 0.6 is 0 Å². The maximum absolute atomic E-state index is 5.74. The number of H-pyrrole nitrogens is 1. The van der Waals surface area contributed by atoms with E-state index in [2.05, 4.69) is 60.2 Å². The first kappa shape index (κ1) is 16.8. The van der Waals surface area contributed by atoms with Crippen LogP contribution in [0.3, 0.4) is 0 Å². The van der Waals surface area contributed by atoms with Gasteiger partial charge in [-0.3, -0.25) is 4.98 Å². The van der Waals surface area contributed by atoms with Crippen molar-refractivity contribution in [1.82, 2.24) is 9.97 Å². The zero-order valence-corrected chi connectivity index (χ0v) is 15.5.